The number of carboxylic acids is 1. The van der Waals surface area contributed by atoms with E-state index in [0.717, 1.165) is 11.1 Å². The first-order chi connectivity index (χ1) is 34.9. The molecule has 3 aromatic carbocycles. The third-order valence-electron chi connectivity index (χ3n) is 11.2. The summed E-state index contributed by atoms with van der Waals surface area (Å²) in [6, 6.07) is 15.3. The maximum absolute atomic E-state index is 13.3. The zero-order valence-corrected chi connectivity index (χ0v) is 41.7. The van der Waals surface area contributed by atoms with Crippen molar-refractivity contribution in [2.24, 2.45) is 0 Å². The van der Waals surface area contributed by atoms with E-state index < -0.39 is 96.2 Å². The van der Waals surface area contributed by atoms with Crippen LogP contribution < -0.4 is 37.4 Å². The largest absolute Gasteiger partial charge is 0.477 e. The van der Waals surface area contributed by atoms with Crippen molar-refractivity contribution in [2.75, 3.05) is 103 Å². The van der Waals surface area contributed by atoms with Crippen molar-refractivity contribution < 1.29 is 77.2 Å². The monoisotopic (exact) mass is 1030 g/mol. The molecule has 0 radical (unpaired) electrons. The van der Waals surface area contributed by atoms with E-state index in [4.69, 9.17) is 33.2 Å². The van der Waals surface area contributed by atoms with Crippen molar-refractivity contribution in [3.8, 4) is 11.1 Å². The molecule has 0 aliphatic carbocycles. The highest BCUT2D eigenvalue weighted by molar-refractivity contribution is 5.79. The Balaban J connectivity index is 1.10. The lowest BCUT2D eigenvalue weighted by atomic mass is 9.88. The van der Waals surface area contributed by atoms with E-state index in [1.165, 1.54) is 0 Å². The van der Waals surface area contributed by atoms with Crippen molar-refractivity contribution >= 4 is 35.3 Å². The highest BCUT2D eigenvalue weighted by atomic mass is 19.1. The van der Waals surface area contributed by atoms with Crippen LogP contribution in [0.15, 0.2) is 64.2 Å². The zero-order valence-electron chi connectivity index (χ0n) is 41.7. The van der Waals surface area contributed by atoms with Gasteiger partial charge in [-0.15, -0.1) is 0 Å². The summed E-state index contributed by atoms with van der Waals surface area (Å²) in [5.41, 5.74) is 1.11. The number of unbranched alkanes of at least 4 members (excludes halogenated alkanes) is 3. The highest BCUT2D eigenvalue weighted by Crippen LogP contribution is 2.34. The Bertz CT molecular complexity index is 2210. The van der Waals surface area contributed by atoms with E-state index in [1.54, 1.807) is 32.9 Å². The lowest BCUT2D eigenvalue weighted by Crippen LogP contribution is -2.68. The topological polar surface area (TPSA) is 308 Å². The lowest BCUT2D eigenvalue weighted by molar-refractivity contribution is -0.310. The predicted octanol–water partition coefficient (Wildman–Crippen LogP) is 1.41. The number of carbonyl (C=O) groups is 4. The van der Waals surface area contributed by atoms with Crippen LogP contribution in [0.3, 0.4) is 0 Å². The SMILES string of the molecule is CC(C)(C)OC(=O)NCCOCCOCCOCCOCCNc1c(NCCCCCCO[C@]2(C(=O)O)C[C@H](O)[C@@H](NC(=O)CF)[C@H]([C@H](O)[C@H](O)CNC(=O)Cc3ccc(-c4ccccc4)cc3)O2)c(=O)c1=O. The number of aliphatic hydroxyl groups excluding tert-OH is 3. The molecule has 1 heterocycles. The lowest BCUT2D eigenvalue weighted by Gasteiger charge is -2.46. The van der Waals surface area contributed by atoms with Crippen LogP contribution in [0.25, 0.3) is 11.1 Å². The molecule has 406 valence electrons. The number of aliphatic carboxylic acids is 1. The molecule has 1 aliphatic rings. The van der Waals surface area contributed by atoms with Crippen LogP contribution >= 0.6 is 0 Å². The summed E-state index contributed by atoms with van der Waals surface area (Å²) in [7, 11) is 0. The van der Waals surface area contributed by atoms with Crippen LogP contribution in [-0.4, -0.2) is 178 Å². The van der Waals surface area contributed by atoms with Gasteiger partial charge in [0.1, 0.15) is 29.2 Å². The van der Waals surface area contributed by atoms with E-state index in [1.807, 2.05) is 42.5 Å². The first-order valence-corrected chi connectivity index (χ1v) is 24.4. The molecular formula is C50H72FN5O17. The Morgan fingerprint density at radius 3 is 1.88 bits per heavy atom. The van der Waals surface area contributed by atoms with Crippen LogP contribution in [-0.2, 0) is 54.0 Å². The van der Waals surface area contributed by atoms with E-state index in [-0.39, 0.29) is 37.6 Å². The van der Waals surface area contributed by atoms with Crippen LogP contribution in [0.5, 0.6) is 0 Å². The number of amides is 3. The van der Waals surface area contributed by atoms with Crippen LogP contribution in [0.4, 0.5) is 20.6 Å². The second-order valence-electron chi connectivity index (χ2n) is 18.1. The fraction of sp³-hybridized carbons (Fsp3) is 0.600. The number of aliphatic hydroxyl groups is 3. The minimum atomic E-state index is -2.54. The van der Waals surface area contributed by atoms with Crippen molar-refractivity contribution in [1.29, 1.82) is 0 Å². The smallest absolute Gasteiger partial charge is 0.407 e. The average Bonchev–Trinajstić information content (AvgIpc) is 3.36. The Morgan fingerprint density at radius 1 is 0.726 bits per heavy atom. The summed E-state index contributed by atoms with van der Waals surface area (Å²) < 4.78 is 51.7. The van der Waals surface area contributed by atoms with E-state index in [2.05, 4.69) is 26.6 Å². The number of nitrogens with one attached hydrogen (secondary N) is 5. The zero-order chi connectivity index (χ0) is 53.2. The Morgan fingerprint density at radius 2 is 1.29 bits per heavy atom. The summed E-state index contributed by atoms with van der Waals surface area (Å²) in [6.07, 6.45) is -6.66. The van der Waals surface area contributed by atoms with Crippen LogP contribution in [0.1, 0.15) is 58.4 Å². The minimum Gasteiger partial charge on any atom is -0.477 e. The normalized spacial score (nSPS) is 18.6. The molecule has 1 aliphatic heterocycles. The van der Waals surface area contributed by atoms with Gasteiger partial charge < -0.3 is 80.2 Å². The predicted molar refractivity (Wildman–Crippen MR) is 265 cm³/mol. The molecule has 0 spiro atoms. The number of ether oxygens (including phenoxy) is 7. The number of alkyl carbamates (subject to hydrolysis) is 1. The first kappa shape index (κ1) is 59.9. The molecule has 0 saturated carbocycles. The van der Waals surface area contributed by atoms with Gasteiger partial charge >= 0.3 is 12.1 Å². The van der Waals surface area contributed by atoms with Crippen LogP contribution in [0, 0.1) is 0 Å². The maximum Gasteiger partial charge on any atom is 0.407 e. The quantitative estimate of drug-likeness (QED) is 0.0297. The number of halogens is 1. The number of hydrogen-bond donors (Lipinski definition) is 9. The minimum absolute atomic E-state index is 0.0646. The molecule has 22 nitrogen and oxygen atoms in total. The summed E-state index contributed by atoms with van der Waals surface area (Å²) >= 11 is 0. The maximum atomic E-state index is 13.3. The summed E-state index contributed by atoms with van der Waals surface area (Å²) in [5, 5.41) is 56.7. The van der Waals surface area contributed by atoms with Crippen molar-refractivity contribution in [3.05, 3.63) is 80.6 Å². The third kappa shape index (κ3) is 20.7. The highest BCUT2D eigenvalue weighted by Gasteiger charge is 2.56. The van der Waals surface area contributed by atoms with Crippen LogP contribution in [0.2, 0.25) is 0 Å². The average molecular weight is 1030 g/mol. The molecule has 1 fully saturated rings. The molecule has 23 heteroatoms. The molecule has 73 heavy (non-hydrogen) atoms. The van der Waals surface area contributed by atoms with E-state index in [9.17, 15) is 53.6 Å². The molecule has 0 unspecified atom stereocenters. The number of benzene rings is 2. The number of anilines is 2. The van der Waals surface area contributed by atoms with Gasteiger partial charge in [-0.25, -0.2) is 14.0 Å². The molecule has 3 aromatic rings. The second-order valence-corrected chi connectivity index (χ2v) is 18.1. The Labute approximate surface area is 423 Å². The molecule has 1 saturated heterocycles. The third-order valence-corrected chi connectivity index (χ3v) is 11.2. The van der Waals surface area contributed by atoms with Gasteiger partial charge in [0, 0.05) is 32.6 Å². The molecule has 6 atom stereocenters. The molecule has 0 bridgehead atoms. The number of carbonyl (C=O) groups excluding carboxylic acids is 3. The summed E-state index contributed by atoms with van der Waals surface area (Å²) in [4.78, 5) is 73.5. The van der Waals surface area contributed by atoms with Gasteiger partial charge in [-0.3, -0.25) is 19.2 Å². The number of hydrogen-bond acceptors (Lipinski definition) is 18. The van der Waals surface area contributed by atoms with E-state index in [0.29, 0.717) is 90.6 Å². The second kappa shape index (κ2) is 31.2. The van der Waals surface area contributed by atoms with Gasteiger partial charge in [0.15, 0.2) is 6.67 Å². The van der Waals surface area contributed by atoms with Gasteiger partial charge in [-0.1, -0.05) is 67.4 Å². The molecular weight excluding hydrogens is 962 g/mol. The fourth-order valence-corrected chi connectivity index (χ4v) is 7.50. The van der Waals surface area contributed by atoms with Gasteiger partial charge in [0.05, 0.1) is 84.1 Å². The standard InChI is InChI=1S/C50H72FN5O17/c1-49(2,3)73-48(66)54-19-22-68-24-26-70-28-27-69-25-23-67-21-18-53-42-41(44(62)45(42)63)52-17-9-4-5-10-20-71-50(47(64)65)30-36(57)40(56-39(60)31-51)46(72-50)43(61)37(58)32-55-38(59)29-33-13-15-35(16-14-33)34-11-7-6-8-12-34/h6-8,11-16,36-37,40,43,46,52-53,57-58,61H,4-5,9-10,17-32H2,1-3H3,(H,54,66)(H,55,59)(H,56,60)(H,64,65)/t36-,37+,40+,43+,46+,50+/m0/s1. The van der Waals surface area contributed by atoms with E-state index >= 15 is 0 Å². The Kier molecular flexibility index (Phi) is 25.6. The number of rotatable bonds is 35. The van der Waals surface area contributed by atoms with Gasteiger partial charge in [0.25, 0.3) is 22.6 Å². The summed E-state index contributed by atoms with van der Waals surface area (Å²) in [5.74, 6) is -5.89. The van der Waals surface area contributed by atoms with Crippen molar-refractivity contribution in [2.45, 2.75) is 101 Å². The fourth-order valence-electron chi connectivity index (χ4n) is 7.50. The first-order valence-electron chi connectivity index (χ1n) is 24.4. The van der Waals surface area contributed by atoms with Gasteiger partial charge in [-0.05, 0) is 50.3 Å². The van der Waals surface area contributed by atoms with Gasteiger partial charge in [-0.2, -0.15) is 0 Å². The number of alkyl halides is 1. The Hall–Kier alpha value is -5.63. The molecule has 4 rings (SSSR count). The summed E-state index contributed by atoms with van der Waals surface area (Å²) in [6.45, 7) is 6.70. The van der Waals surface area contributed by atoms with Crippen molar-refractivity contribution in [1.82, 2.24) is 16.0 Å². The molecule has 0 aromatic heterocycles. The van der Waals surface area contributed by atoms with Gasteiger partial charge in [0.2, 0.25) is 5.91 Å². The van der Waals surface area contributed by atoms with Crippen molar-refractivity contribution in [3.63, 3.8) is 0 Å². The number of carboxylic acid groups (broad SMARTS) is 1. The molecule has 9 N–H and O–H groups in total. The molecule has 3 amide bonds.